The van der Waals surface area contributed by atoms with Gasteiger partial charge in [0.15, 0.2) is 6.67 Å². The molecule has 3 aliphatic rings. The van der Waals surface area contributed by atoms with Gasteiger partial charge in [0.05, 0.1) is 0 Å². The summed E-state index contributed by atoms with van der Waals surface area (Å²) in [7, 11) is 0. The summed E-state index contributed by atoms with van der Waals surface area (Å²) in [5.74, 6) is -0.221. The zero-order valence-corrected chi connectivity index (χ0v) is 10.8. The minimum atomic E-state index is -0.876. The van der Waals surface area contributed by atoms with Crippen molar-refractivity contribution in [1.82, 2.24) is 4.90 Å². The molecular weight excluding hydrogens is 230 g/mol. The Bertz CT molecular complexity index is 510. The largest absolute Gasteiger partial charge is 0.478 e. The zero-order valence-electron chi connectivity index (χ0n) is 10.8. The first-order valence-corrected chi connectivity index (χ1v) is 6.39. The predicted molar refractivity (Wildman–Crippen MR) is 67.5 cm³/mol. The van der Waals surface area contributed by atoms with Crippen molar-refractivity contribution in [3.63, 3.8) is 0 Å². The van der Waals surface area contributed by atoms with Gasteiger partial charge in [0.2, 0.25) is 5.84 Å². The van der Waals surface area contributed by atoms with Crippen LogP contribution in [0, 0.1) is 0 Å². The van der Waals surface area contributed by atoms with Gasteiger partial charge < -0.3 is 5.11 Å². The number of carboxylic acids is 1. The fourth-order valence-electron chi connectivity index (χ4n) is 3.15. The molecule has 0 bridgehead atoms. The smallest absolute Gasteiger partial charge is 0.339 e. The number of rotatable bonds is 1. The number of allylic oxidation sites excluding steroid dienone is 3. The fraction of sp³-hybridized carbons (Fsp3) is 0.538. The van der Waals surface area contributed by atoms with E-state index in [9.17, 15) is 9.90 Å². The molecule has 0 aromatic carbocycles. The van der Waals surface area contributed by atoms with Crippen LogP contribution < -0.4 is 0 Å². The van der Waals surface area contributed by atoms with E-state index >= 15 is 0 Å². The number of carbonyl (C=O) groups is 1. The van der Waals surface area contributed by atoms with Gasteiger partial charge in [0, 0.05) is 18.5 Å². The van der Waals surface area contributed by atoms with Crippen LogP contribution in [0.4, 0.5) is 0 Å². The third-order valence-corrected chi connectivity index (χ3v) is 4.05. The highest BCUT2D eigenvalue weighted by Gasteiger charge is 2.46. The van der Waals surface area contributed by atoms with Crippen LogP contribution >= 0.6 is 0 Å². The minimum absolute atomic E-state index is 0.363. The van der Waals surface area contributed by atoms with Gasteiger partial charge in [-0.1, -0.05) is 5.10 Å². The summed E-state index contributed by atoms with van der Waals surface area (Å²) < 4.78 is 0.685. The van der Waals surface area contributed by atoms with Gasteiger partial charge in [0.1, 0.15) is 18.7 Å². The monoisotopic (exact) mass is 248 g/mol. The minimum Gasteiger partial charge on any atom is -0.478 e. The van der Waals surface area contributed by atoms with E-state index in [-0.39, 0.29) is 0 Å². The number of nitrogens with zero attached hydrogens (tertiary/aromatic N) is 3. The van der Waals surface area contributed by atoms with E-state index in [0.29, 0.717) is 16.0 Å². The van der Waals surface area contributed by atoms with Crippen molar-refractivity contribution in [3.8, 4) is 0 Å². The SMILES string of the molecule is CC1=CC(C)=C(C(=O)O)C2=N[N+]3(CCCC3)CN12. The van der Waals surface area contributed by atoms with Crippen LogP contribution in [0.2, 0.25) is 0 Å². The summed E-state index contributed by atoms with van der Waals surface area (Å²) in [5, 5.41) is 14.1. The maximum Gasteiger partial charge on any atom is 0.339 e. The van der Waals surface area contributed by atoms with Crippen LogP contribution in [0.5, 0.6) is 0 Å². The molecule has 0 saturated carbocycles. The number of aliphatic carboxylic acids is 1. The molecule has 0 aliphatic carbocycles. The maximum absolute atomic E-state index is 11.4. The van der Waals surface area contributed by atoms with E-state index in [1.165, 1.54) is 12.8 Å². The molecule has 0 atom stereocenters. The van der Waals surface area contributed by atoms with E-state index < -0.39 is 5.97 Å². The summed E-state index contributed by atoms with van der Waals surface area (Å²) in [4.78, 5) is 13.5. The number of hydrogen-bond donors (Lipinski definition) is 1. The number of fused-ring (bicyclic) bond motifs is 1. The summed E-state index contributed by atoms with van der Waals surface area (Å²) in [6.45, 7) is 6.72. The average molecular weight is 248 g/mol. The van der Waals surface area contributed by atoms with Gasteiger partial charge in [0.25, 0.3) is 0 Å². The lowest BCUT2D eigenvalue weighted by atomic mass is 10.0. The number of quaternary nitrogens is 1. The zero-order chi connectivity index (χ0) is 12.9. The molecule has 1 spiro atoms. The Balaban J connectivity index is 2.09. The van der Waals surface area contributed by atoms with Gasteiger partial charge in [-0.05, 0) is 25.5 Å². The lowest BCUT2D eigenvalue weighted by Crippen LogP contribution is -2.42. The number of amidine groups is 1. The van der Waals surface area contributed by atoms with E-state index in [4.69, 9.17) is 5.10 Å². The summed E-state index contributed by atoms with van der Waals surface area (Å²) >= 11 is 0. The van der Waals surface area contributed by atoms with Crippen LogP contribution in [0.15, 0.2) is 28.0 Å². The molecule has 0 amide bonds. The molecule has 0 aromatic heterocycles. The topological polar surface area (TPSA) is 52.9 Å². The molecule has 5 heteroatoms. The Morgan fingerprint density at radius 2 is 2.06 bits per heavy atom. The van der Waals surface area contributed by atoms with Crippen molar-refractivity contribution in [2.75, 3.05) is 19.8 Å². The van der Waals surface area contributed by atoms with Crippen molar-refractivity contribution in [1.29, 1.82) is 0 Å². The lowest BCUT2D eigenvalue weighted by molar-refractivity contribution is -0.923. The number of hydrogen-bond acceptors (Lipinski definition) is 3. The fourth-order valence-corrected chi connectivity index (χ4v) is 3.15. The third kappa shape index (κ3) is 1.50. The van der Waals surface area contributed by atoms with E-state index in [1.54, 1.807) is 0 Å². The molecule has 0 aromatic rings. The Hall–Kier alpha value is -1.62. The maximum atomic E-state index is 11.4. The molecule has 0 unspecified atom stereocenters. The van der Waals surface area contributed by atoms with E-state index in [2.05, 4.69) is 4.90 Å². The van der Waals surface area contributed by atoms with Crippen LogP contribution in [0.25, 0.3) is 0 Å². The highest BCUT2D eigenvalue weighted by Crippen LogP contribution is 2.34. The molecule has 3 aliphatic heterocycles. The Morgan fingerprint density at radius 1 is 1.39 bits per heavy atom. The normalized spacial score (nSPS) is 25.3. The summed E-state index contributed by atoms with van der Waals surface area (Å²) in [5.41, 5.74) is 2.26. The van der Waals surface area contributed by atoms with E-state index in [1.807, 2.05) is 19.9 Å². The second-order valence-electron chi connectivity index (χ2n) is 5.39. The molecule has 3 rings (SSSR count). The van der Waals surface area contributed by atoms with E-state index in [0.717, 1.165) is 31.0 Å². The predicted octanol–water partition coefficient (Wildman–Crippen LogP) is 1.50. The molecule has 18 heavy (non-hydrogen) atoms. The molecule has 1 N–H and O–H groups in total. The van der Waals surface area contributed by atoms with Crippen molar-refractivity contribution >= 4 is 11.8 Å². The first kappa shape index (κ1) is 11.5. The standard InChI is InChI=1S/C13H17N3O2/c1-9-7-10(2)15-8-16(5-3-4-6-16)14-12(15)11(9)13(17)18/h7H,3-6,8H2,1-2H3/p+1. The highest BCUT2D eigenvalue weighted by molar-refractivity contribution is 6.20. The first-order valence-electron chi connectivity index (χ1n) is 6.39. The Morgan fingerprint density at radius 3 is 2.67 bits per heavy atom. The molecule has 1 fully saturated rings. The van der Waals surface area contributed by atoms with Crippen LogP contribution in [-0.2, 0) is 4.79 Å². The molecule has 3 heterocycles. The molecule has 1 saturated heterocycles. The average Bonchev–Trinajstić information content (AvgIpc) is 2.86. The van der Waals surface area contributed by atoms with Crippen molar-refractivity contribution < 1.29 is 14.5 Å². The quantitative estimate of drug-likeness (QED) is 0.715. The Kier molecular flexibility index (Phi) is 2.35. The van der Waals surface area contributed by atoms with Crippen molar-refractivity contribution in [3.05, 3.63) is 22.9 Å². The number of carboxylic acid groups (broad SMARTS) is 1. The Labute approximate surface area is 106 Å². The second kappa shape index (κ2) is 3.68. The van der Waals surface area contributed by atoms with Gasteiger partial charge in [-0.15, -0.1) is 0 Å². The molecule has 0 radical (unpaired) electrons. The van der Waals surface area contributed by atoms with Gasteiger partial charge in [-0.25, -0.2) is 4.79 Å². The van der Waals surface area contributed by atoms with Crippen LogP contribution in [0.3, 0.4) is 0 Å². The molecule has 96 valence electrons. The van der Waals surface area contributed by atoms with Crippen molar-refractivity contribution in [2.45, 2.75) is 26.7 Å². The second-order valence-corrected chi connectivity index (χ2v) is 5.39. The highest BCUT2D eigenvalue weighted by atomic mass is 16.4. The third-order valence-electron chi connectivity index (χ3n) is 4.05. The van der Waals surface area contributed by atoms with Crippen molar-refractivity contribution in [2.24, 2.45) is 5.10 Å². The molecule has 5 nitrogen and oxygen atoms in total. The summed E-state index contributed by atoms with van der Waals surface area (Å²) in [6.07, 6.45) is 4.30. The lowest BCUT2D eigenvalue weighted by Gasteiger charge is -2.27. The van der Waals surface area contributed by atoms with Crippen LogP contribution in [0.1, 0.15) is 26.7 Å². The first-order chi connectivity index (χ1) is 8.52. The molecular formula is C13H18N3O2+. The van der Waals surface area contributed by atoms with Gasteiger partial charge in [-0.3, -0.25) is 4.90 Å². The van der Waals surface area contributed by atoms with Gasteiger partial charge >= 0.3 is 5.97 Å². The van der Waals surface area contributed by atoms with Crippen LogP contribution in [-0.4, -0.2) is 46.2 Å². The summed E-state index contributed by atoms with van der Waals surface area (Å²) in [6, 6.07) is 0. The van der Waals surface area contributed by atoms with Gasteiger partial charge in [-0.2, -0.15) is 4.59 Å².